The fourth-order valence-corrected chi connectivity index (χ4v) is 4.34. The summed E-state index contributed by atoms with van der Waals surface area (Å²) < 4.78 is 1.61. The third kappa shape index (κ3) is 4.76. The smallest absolute Gasteiger partial charge is 0.241 e. The van der Waals surface area contributed by atoms with Gasteiger partial charge in [-0.15, -0.1) is 5.10 Å². The standard InChI is InChI=1S/C26H29N5O3/c1-3-9-19(32)11-8-15-24(34)30-16-18-10-4-5-12-20(18)26-25(21-13-6-7-14-22(21)30)28-29-31(26)17-23(33)27-2/h4-7,10,12-14H,3,8-9,11,15-17H2,1-2H3,(H,27,33). The van der Waals surface area contributed by atoms with Gasteiger partial charge in [0.15, 0.2) is 0 Å². The van der Waals surface area contributed by atoms with Crippen LogP contribution in [0.2, 0.25) is 0 Å². The number of amides is 2. The average Bonchev–Trinajstić information content (AvgIpc) is 3.24. The number of likely N-dealkylation sites (N-methyl/N-ethyl adjacent to an activating group) is 1. The molecule has 2 aromatic carbocycles. The number of nitrogens with one attached hydrogen (secondary N) is 1. The summed E-state index contributed by atoms with van der Waals surface area (Å²) in [5.41, 5.74) is 4.73. The zero-order valence-electron chi connectivity index (χ0n) is 19.6. The van der Waals surface area contributed by atoms with Crippen LogP contribution in [0.4, 0.5) is 5.69 Å². The third-order valence-electron chi connectivity index (χ3n) is 6.03. The van der Waals surface area contributed by atoms with E-state index in [1.807, 2.05) is 55.5 Å². The lowest BCUT2D eigenvalue weighted by Crippen LogP contribution is -2.32. The van der Waals surface area contributed by atoms with Crippen LogP contribution in [0, 0.1) is 0 Å². The first-order valence-electron chi connectivity index (χ1n) is 11.7. The van der Waals surface area contributed by atoms with E-state index in [-0.39, 0.29) is 24.1 Å². The normalized spacial score (nSPS) is 12.1. The van der Waals surface area contributed by atoms with Crippen LogP contribution < -0.4 is 10.2 Å². The molecule has 3 aromatic rings. The molecule has 1 aliphatic rings. The number of ketones is 1. The monoisotopic (exact) mass is 459 g/mol. The Morgan fingerprint density at radius 3 is 2.47 bits per heavy atom. The largest absolute Gasteiger partial charge is 0.358 e. The number of rotatable bonds is 8. The minimum absolute atomic E-state index is 0.0345. The van der Waals surface area contributed by atoms with E-state index in [1.54, 1.807) is 16.6 Å². The fraction of sp³-hybridized carbons (Fsp3) is 0.346. The van der Waals surface area contributed by atoms with Gasteiger partial charge in [0.05, 0.1) is 17.9 Å². The molecule has 34 heavy (non-hydrogen) atoms. The summed E-state index contributed by atoms with van der Waals surface area (Å²) >= 11 is 0. The van der Waals surface area contributed by atoms with Crippen molar-refractivity contribution in [1.82, 2.24) is 20.3 Å². The molecule has 0 unspecified atom stereocenters. The molecular weight excluding hydrogens is 430 g/mol. The lowest BCUT2D eigenvalue weighted by molar-refractivity contribution is -0.122. The van der Waals surface area contributed by atoms with Crippen LogP contribution in [0.15, 0.2) is 48.5 Å². The van der Waals surface area contributed by atoms with Crippen molar-refractivity contribution >= 4 is 23.3 Å². The Labute approximate surface area is 199 Å². The molecule has 8 nitrogen and oxygen atoms in total. The highest BCUT2D eigenvalue weighted by atomic mass is 16.2. The number of anilines is 1. The molecule has 0 spiro atoms. The highest BCUT2D eigenvalue weighted by Crippen LogP contribution is 2.41. The van der Waals surface area contributed by atoms with Crippen molar-refractivity contribution in [2.24, 2.45) is 0 Å². The average molecular weight is 460 g/mol. The number of fused-ring (bicyclic) bond motifs is 5. The molecule has 0 radical (unpaired) electrons. The van der Waals surface area contributed by atoms with Crippen LogP contribution in [0.25, 0.3) is 22.5 Å². The van der Waals surface area contributed by atoms with E-state index < -0.39 is 0 Å². The fourth-order valence-electron chi connectivity index (χ4n) is 4.34. The number of para-hydroxylation sites is 1. The highest BCUT2D eigenvalue weighted by molar-refractivity contribution is 6.00. The van der Waals surface area contributed by atoms with Gasteiger partial charge in [-0.1, -0.05) is 54.6 Å². The molecule has 0 atom stereocenters. The zero-order valence-corrected chi connectivity index (χ0v) is 19.6. The van der Waals surface area contributed by atoms with E-state index in [0.29, 0.717) is 37.9 Å². The van der Waals surface area contributed by atoms with Gasteiger partial charge in [0.1, 0.15) is 18.0 Å². The Morgan fingerprint density at radius 1 is 0.971 bits per heavy atom. The minimum Gasteiger partial charge on any atom is -0.358 e. The van der Waals surface area contributed by atoms with Gasteiger partial charge in [-0.25, -0.2) is 4.68 Å². The lowest BCUT2D eigenvalue weighted by atomic mass is 9.95. The summed E-state index contributed by atoms with van der Waals surface area (Å²) in [6.45, 7) is 2.40. The quantitative estimate of drug-likeness (QED) is 0.553. The van der Waals surface area contributed by atoms with Crippen molar-refractivity contribution in [3.63, 3.8) is 0 Å². The van der Waals surface area contributed by atoms with Gasteiger partial charge in [0.2, 0.25) is 11.8 Å². The maximum atomic E-state index is 13.4. The maximum absolute atomic E-state index is 13.4. The van der Waals surface area contributed by atoms with Crippen molar-refractivity contribution in [1.29, 1.82) is 0 Å². The zero-order chi connectivity index (χ0) is 24.1. The number of carbonyl (C=O) groups excluding carboxylic acids is 3. The number of benzene rings is 2. The first kappa shape index (κ1) is 23.4. The molecular formula is C26H29N5O3. The third-order valence-corrected chi connectivity index (χ3v) is 6.03. The molecule has 2 amide bonds. The summed E-state index contributed by atoms with van der Waals surface area (Å²) in [5.74, 6) is -0.00575. The van der Waals surface area contributed by atoms with E-state index in [2.05, 4.69) is 15.6 Å². The molecule has 0 saturated heterocycles. The summed E-state index contributed by atoms with van der Waals surface area (Å²) in [4.78, 5) is 39.2. The van der Waals surface area contributed by atoms with Gasteiger partial charge in [-0.3, -0.25) is 14.4 Å². The number of aromatic nitrogens is 3. The van der Waals surface area contributed by atoms with Gasteiger partial charge in [-0.2, -0.15) is 0 Å². The van der Waals surface area contributed by atoms with Crippen LogP contribution in [0.5, 0.6) is 0 Å². The number of nitrogens with zero attached hydrogens (tertiary/aromatic N) is 4. The summed E-state index contributed by atoms with van der Waals surface area (Å²) in [6.07, 6.45) is 2.63. The van der Waals surface area contributed by atoms with Crippen molar-refractivity contribution in [3.8, 4) is 22.5 Å². The minimum atomic E-state index is -0.171. The second kappa shape index (κ2) is 10.4. The molecule has 0 bridgehead atoms. The second-order valence-corrected chi connectivity index (χ2v) is 8.41. The molecule has 8 heteroatoms. The number of hydrogen-bond donors (Lipinski definition) is 1. The molecule has 1 aromatic heterocycles. The summed E-state index contributed by atoms with van der Waals surface area (Å²) in [5, 5.41) is 11.4. The van der Waals surface area contributed by atoms with E-state index in [1.165, 1.54) is 0 Å². The molecule has 4 rings (SSSR count). The van der Waals surface area contributed by atoms with Crippen molar-refractivity contribution in [2.75, 3.05) is 11.9 Å². The van der Waals surface area contributed by atoms with Crippen LogP contribution in [0.3, 0.4) is 0 Å². The highest BCUT2D eigenvalue weighted by Gasteiger charge is 2.29. The summed E-state index contributed by atoms with van der Waals surface area (Å²) in [7, 11) is 1.59. The maximum Gasteiger partial charge on any atom is 0.241 e. The van der Waals surface area contributed by atoms with E-state index in [0.717, 1.165) is 34.5 Å². The Bertz CT molecular complexity index is 1220. The van der Waals surface area contributed by atoms with Crippen molar-refractivity contribution < 1.29 is 14.4 Å². The van der Waals surface area contributed by atoms with Crippen LogP contribution in [-0.2, 0) is 27.5 Å². The predicted octanol–water partition coefficient (Wildman–Crippen LogP) is 3.74. The first-order valence-corrected chi connectivity index (χ1v) is 11.7. The number of Topliss-reactive ketones (excluding diaryl/α,β-unsaturated/α-hetero) is 1. The summed E-state index contributed by atoms with van der Waals surface area (Å²) in [6, 6.07) is 15.4. The Hall–Kier alpha value is -3.81. The molecule has 176 valence electrons. The molecule has 1 aliphatic heterocycles. The van der Waals surface area contributed by atoms with Crippen LogP contribution in [-0.4, -0.2) is 39.6 Å². The van der Waals surface area contributed by atoms with Gasteiger partial charge >= 0.3 is 0 Å². The second-order valence-electron chi connectivity index (χ2n) is 8.41. The predicted molar refractivity (Wildman–Crippen MR) is 130 cm³/mol. The van der Waals surface area contributed by atoms with Crippen molar-refractivity contribution in [2.45, 2.75) is 52.1 Å². The Balaban J connectivity index is 1.75. The van der Waals surface area contributed by atoms with Crippen LogP contribution in [0.1, 0.15) is 44.6 Å². The molecule has 1 N–H and O–H groups in total. The number of carbonyl (C=O) groups is 3. The van der Waals surface area contributed by atoms with E-state index in [9.17, 15) is 14.4 Å². The molecule has 0 saturated carbocycles. The SMILES string of the molecule is CCCC(=O)CCCC(=O)N1Cc2ccccc2-c2c(nnn2CC(=O)NC)-c2ccccc21. The molecule has 2 heterocycles. The van der Waals surface area contributed by atoms with E-state index in [4.69, 9.17) is 0 Å². The Kier molecular flexibility index (Phi) is 7.15. The van der Waals surface area contributed by atoms with Crippen molar-refractivity contribution in [3.05, 3.63) is 54.1 Å². The molecule has 0 fully saturated rings. The topological polar surface area (TPSA) is 97.2 Å². The van der Waals surface area contributed by atoms with E-state index >= 15 is 0 Å². The van der Waals surface area contributed by atoms with Gasteiger partial charge in [-0.05, 0) is 24.5 Å². The molecule has 0 aliphatic carbocycles. The Morgan fingerprint density at radius 2 is 1.71 bits per heavy atom. The lowest BCUT2D eigenvalue weighted by Gasteiger charge is -2.28. The van der Waals surface area contributed by atoms with Gasteiger partial charge < -0.3 is 10.2 Å². The van der Waals surface area contributed by atoms with Gasteiger partial charge in [0.25, 0.3) is 0 Å². The number of hydrogen-bond acceptors (Lipinski definition) is 5. The first-order chi connectivity index (χ1) is 16.5. The van der Waals surface area contributed by atoms with Gasteiger partial charge in [0, 0.05) is 37.4 Å². The van der Waals surface area contributed by atoms with Crippen LogP contribution >= 0.6 is 0 Å².